The third-order valence-corrected chi connectivity index (χ3v) is 4.36. The summed E-state index contributed by atoms with van der Waals surface area (Å²) in [6.45, 7) is 4.14. The van der Waals surface area contributed by atoms with Gasteiger partial charge in [0.05, 0.1) is 0 Å². The van der Waals surface area contributed by atoms with E-state index in [1.54, 1.807) is 17.4 Å². The zero-order chi connectivity index (χ0) is 14.5. The van der Waals surface area contributed by atoms with E-state index in [4.69, 9.17) is 0 Å². The Morgan fingerprint density at radius 3 is 2.75 bits per heavy atom. The highest BCUT2D eigenvalue weighted by Gasteiger charge is 2.17. The minimum Gasteiger partial charge on any atom is -0.508 e. The molecule has 2 aromatic rings. The van der Waals surface area contributed by atoms with Gasteiger partial charge < -0.3 is 10.4 Å². The van der Waals surface area contributed by atoms with E-state index in [1.165, 1.54) is 10.9 Å². The first-order chi connectivity index (χ1) is 9.61. The molecule has 2 N–H and O–H groups in total. The summed E-state index contributed by atoms with van der Waals surface area (Å²) in [6.07, 6.45) is 2.12. The number of nitrogens with one attached hydrogen (secondary N) is 1. The van der Waals surface area contributed by atoms with Gasteiger partial charge in [0, 0.05) is 28.6 Å². The van der Waals surface area contributed by atoms with E-state index in [0.717, 1.165) is 24.5 Å². The zero-order valence-corrected chi connectivity index (χ0v) is 12.6. The average Bonchev–Trinajstić information content (AvgIpc) is 2.91. The quantitative estimate of drug-likeness (QED) is 0.803. The van der Waals surface area contributed by atoms with Crippen LogP contribution in [0.4, 0.5) is 4.39 Å². The van der Waals surface area contributed by atoms with Gasteiger partial charge in [-0.15, -0.1) is 11.3 Å². The van der Waals surface area contributed by atoms with Gasteiger partial charge in [-0.2, -0.15) is 0 Å². The van der Waals surface area contributed by atoms with Crippen LogP contribution in [0.15, 0.2) is 35.7 Å². The van der Waals surface area contributed by atoms with Gasteiger partial charge in [-0.25, -0.2) is 4.39 Å². The molecule has 1 aromatic heterocycles. The standard InChI is InChI=1S/C16H20FNOS/c1-3-5-14(16-6-4-9-20-16)18-11(2)13-8-7-12(17)10-15(13)19/h4,6-11,14,18-19H,3,5H2,1-2H3. The number of rotatable bonds is 6. The van der Waals surface area contributed by atoms with Crippen LogP contribution in [0.25, 0.3) is 0 Å². The smallest absolute Gasteiger partial charge is 0.126 e. The molecule has 4 heteroatoms. The Morgan fingerprint density at radius 2 is 2.15 bits per heavy atom. The number of phenols is 1. The Bertz CT molecular complexity index is 541. The van der Waals surface area contributed by atoms with Crippen molar-refractivity contribution in [2.24, 2.45) is 0 Å². The topological polar surface area (TPSA) is 32.3 Å². The molecule has 0 aliphatic heterocycles. The molecule has 0 aliphatic rings. The van der Waals surface area contributed by atoms with Gasteiger partial charge in [0.25, 0.3) is 0 Å². The summed E-state index contributed by atoms with van der Waals surface area (Å²) in [5.41, 5.74) is 0.726. The minimum absolute atomic E-state index is 0.00595. The van der Waals surface area contributed by atoms with Gasteiger partial charge in [0.1, 0.15) is 11.6 Å². The lowest BCUT2D eigenvalue weighted by atomic mass is 10.0. The van der Waals surface area contributed by atoms with Gasteiger partial charge in [-0.05, 0) is 30.9 Å². The fraction of sp³-hybridized carbons (Fsp3) is 0.375. The lowest BCUT2D eigenvalue weighted by Gasteiger charge is -2.23. The number of aromatic hydroxyl groups is 1. The van der Waals surface area contributed by atoms with Crippen molar-refractivity contribution in [2.75, 3.05) is 0 Å². The highest BCUT2D eigenvalue weighted by atomic mass is 32.1. The van der Waals surface area contributed by atoms with E-state index in [0.29, 0.717) is 0 Å². The van der Waals surface area contributed by atoms with Crippen molar-refractivity contribution < 1.29 is 9.50 Å². The number of benzene rings is 1. The Hall–Kier alpha value is -1.39. The van der Waals surface area contributed by atoms with Crippen LogP contribution in [-0.2, 0) is 0 Å². The maximum atomic E-state index is 13.0. The Kier molecular flexibility index (Phi) is 5.15. The number of hydrogen-bond acceptors (Lipinski definition) is 3. The van der Waals surface area contributed by atoms with E-state index in [1.807, 2.05) is 13.0 Å². The first kappa shape index (κ1) is 15.0. The van der Waals surface area contributed by atoms with Crippen molar-refractivity contribution in [1.82, 2.24) is 5.32 Å². The van der Waals surface area contributed by atoms with Crippen LogP contribution in [0, 0.1) is 5.82 Å². The fourth-order valence-corrected chi connectivity index (χ4v) is 3.18. The average molecular weight is 293 g/mol. The molecule has 2 atom stereocenters. The molecule has 0 radical (unpaired) electrons. The second-order valence-corrected chi connectivity index (χ2v) is 5.93. The van der Waals surface area contributed by atoms with Gasteiger partial charge in [-0.1, -0.05) is 25.5 Å². The summed E-state index contributed by atoms with van der Waals surface area (Å²) in [6, 6.07) is 8.58. The van der Waals surface area contributed by atoms with Crippen molar-refractivity contribution in [2.45, 2.75) is 38.8 Å². The lowest BCUT2D eigenvalue weighted by Crippen LogP contribution is -2.24. The van der Waals surface area contributed by atoms with Crippen LogP contribution < -0.4 is 5.32 Å². The summed E-state index contributed by atoms with van der Waals surface area (Å²) in [4.78, 5) is 1.29. The third-order valence-electron chi connectivity index (χ3n) is 3.37. The number of phenolic OH excluding ortho intramolecular Hbond substituents is 1. The van der Waals surface area contributed by atoms with Gasteiger partial charge >= 0.3 is 0 Å². The molecule has 108 valence electrons. The molecule has 1 heterocycles. The third kappa shape index (κ3) is 3.58. The van der Waals surface area contributed by atoms with Crippen LogP contribution in [0.5, 0.6) is 5.75 Å². The largest absolute Gasteiger partial charge is 0.508 e. The molecular weight excluding hydrogens is 273 g/mol. The van der Waals surface area contributed by atoms with E-state index in [9.17, 15) is 9.50 Å². The van der Waals surface area contributed by atoms with Crippen LogP contribution in [0.1, 0.15) is 49.2 Å². The van der Waals surface area contributed by atoms with Crippen molar-refractivity contribution >= 4 is 11.3 Å². The van der Waals surface area contributed by atoms with Crippen molar-refractivity contribution in [3.8, 4) is 5.75 Å². The highest BCUT2D eigenvalue weighted by molar-refractivity contribution is 7.10. The summed E-state index contributed by atoms with van der Waals surface area (Å²) in [5.74, 6) is -0.409. The lowest BCUT2D eigenvalue weighted by molar-refractivity contribution is 0.416. The summed E-state index contributed by atoms with van der Waals surface area (Å²) in [5, 5.41) is 15.5. The Balaban J connectivity index is 2.13. The predicted octanol–water partition coefficient (Wildman–Crippen LogP) is 4.78. The monoisotopic (exact) mass is 293 g/mol. The van der Waals surface area contributed by atoms with Crippen molar-refractivity contribution in [3.63, 3.8) is 0 Å². The number of hydrogen-bond donors (Lipinski definition) is 2. The summed E-state index contributed by atoms with van der Waals surface area (Å²) in [7, 11) is 0. The summed E-state index contributed by atoms with van der Waals surface area (Å²) < 4.78 is 13.0. The van der Waals surface area contributed by atoms with Gasteiger partial charge in [0.2, 0.25) is 0 Å². The van der Waals surface area contributed by atoms with Crippen LogP contribution in [0.2, 0.25) is 0 Å². The molecule has 20 heavy (non-hydrogen) atoms. The van der Waals surface area contributed by atoms with Gasteiger partial charge in [-0.3, -0.25) is 0 Å². The van der Waals surface area contributed by atoms with Crippen LogP contribution in [0.3, 0.4) is 0 Å². The Morgan fingerprint density at radius 1 is 1.35 bits per heavy atom. The maximum Gasteiger partial charge on any atom is 0.126 e. The van der Waals surface area contributed by atoms with Crippen molar-refractivity contribution in [3.05, 3.63) is 52.0 Å². The molecular formula is C16H20FNOS. The van der Waals surface area contributed by atoms with Crippen molar-refractivity contribution in [1.29, 1.82) is 0 Å². The molecule has 2 nitrogen and oxygen atoms in total. The highest BCUT2D eigenvalue weighted by Crippen LogP contribution is 2.30. The second-order valence-electron chi connectivity index (χ2n) is 4.95. The SMILES string of the molecule is CCCC(NC(C)c1ccc(F)cc1O)c1cccs1. The Labute approximate surface area is 123 Å². The molecule has 1 aromatic carbocycles. The summed E-state index contributed by atoms with van der Waals surface area (Å²) >= 11 is 1.73. The molecule has 0 aliphatic carbocycles. The molecule has 2 rings (SSSR count). The number of halogens is 1. The molecule has 0 bridgehead atoms. The molecule has 0 saturated carbocycles. The molecule has 0 amide bonds. The maximum absolute atomic E-state index is 13.0. The van der Waals surface area contributed by atoms with E-state index in [-0.39, 0.29) is 17.8 Å². The second kappa shape index (κ2) is 6.86. The minimum atomic E-state index is -0.415. The van der Waals surface area contributed by atoms with Gasteiger partial charge in [0.15, 0.2) is 0 Å². The molecule has 0 saturated heterocycles. The molecule has 2 unspecified atom stereocenters. The normalized spacial score (nSPS) is 14.2. The zero-order valence-electron chi connectivity index (χ0n) is 11.8. The molecule has 0 spiro atoms. The molecule has 0 fully saturated rings. The first-order valence-electron chi connectivity index (χ1n) is 6.89. The van der Waals surface area contributed by atoms with E-state index >= 15 is 0 Å². The predicted molar refractivity (Wildman–Crippen MR) is 81.6 cm³/mol. The fourth-order valence-electron chi connectivity index (χ4n) is 2.36. The van der Waals surface area contributed by atoms with Crippen LogP contribution in [-0.4, -0.2) is 5.11 Å². The van der Waals surface area contributed by atoms with E-state index in [2.05, 4.69) is 23.7 Å². The van der Waals surface area contributed by atoms with Crippen LogP contribution >= 0.6 is 11.3 Å². The number of thiophene rings is 1. The van der Waals surface area contributed by atoms with E-state index < -0.39 is 5.82 Å². The first-order valence-corrected chi connectivity index (χ1v) is 7.77.